The fourth-order valence-corrected chi connectivity index (χ4v) is 7.15. The highest BCUT2D eigenvalue weighted by Crippen LogP contribution is 2.58. The standard InChI is InChI=1S/C37H58N2O9S/c1-4-7-9-11-13-15-22-39(23-16-14-12-10-8-5-2)29-18-20-30(32(40)26-29)34-35(42)36(43,37(34,44)45)31-21-19-28(27-33(31)41)38(6-3)24-17-25-49(46,47)48/h18-21,26-27,40-45H,4-17,22-25H2,1-3H3,(H,46,47,48). The van der Waals surface area contributed by atoms with Crippen LogP contribution in [0.3, 0.4) is 0 Å². The molecule has 276 valence electrons. The number of aliphatic hydroxyl groups is 4. The van der Waals surface area contributed by atoms with Gasteiger partial charge in [-0.15, -0.1) is 0 Å². The van der Waals surface area contributed by atoms with E-state index < -0.39 is 44.3 Å². The van der Waals surface area contributed by atoms with Gasteiger partial charge in [0, 0.05) is 60.8 Å². The zero-order valence-corrected chi connectivity index (χ0v) is 30.3. The van der Waals surface area contributed by atoms with Crippen LogP contribution in [0.4, 0.5) is 11.4 Å². The van der Waals surface area contributed by atoms with Gasteiger partial charge in [0.05, 0.1) is 11.3 Å². The minimum atomic E-state index is -4.13. The normalized spacial score (nSPS) is 17.3. The molecule has 0 amide bonds. The van der Waals surface area contributed by atoms with Crippen LogP contribution >= 0.6 is 0 Å². The second-order valence-electron chi connectivity index (χ2n) is 13.3. The molecule has 0 saturated carbocycles. The Morgan fingerprint density at radius 1 is 0.633 bits per heavy atom. The minimum absolute atomic E-state index is 0.0536. The van der Waals surface area contributed by atoms with Crippen LogP contribution in [0.1, 0.15) is 115 Å². The van der Waals surface area contributed by atoms with Crippen molar-refractivity contribution in [2.45, 2.75) is 116 Å². The fraction of sp³-hybridized carbons (Fsp3) is 0.622. The van der Waals surface area contributed by atoms with Crippen LogP contribution in [-0.2, 0) is 15.7 Å². The molecule has 2 aromatic rings. The minimum Gasteiger partial charge on any atom is -0.508 e. The van der Waals surface area contributed by atoms with Gasteiger partial charge in [-0.2, -0.15) is 8.42 Å². The van der Waals surface area contributed by atoms with Crippen LogP contribution in [-0.4, -0.2) is 81.3 Å². The van der Waals surface area contributed by atoms with Gasteiger partial charge in [0.2, 0.25) is 11.4 Å². The Bertz CT molecular complexity index is 1480. The van der Waals surface area contributed by atoms with E-state index in [0.29, 0.717) is 12.2 Å². The molecule has 0 radical (unpaired) electrons. The lowest BCUT2D eigenvalue weighted by atomic mass is 9.66. The van der Waals surface area contributed by atoms with E-state index in [-0.39, 0.29) is 29.8 Å². The van der Waals surface area contributed by atoms with Gasteiger partial charge in [-0.25, -0.2) is 0 Å². The first kappa shape index (κ1) is 40.4. The lowest BCUT2D eigenvalue weighted by Crippen LogP contribution is -2.62. The zero-order chi connectivity index (χ0) is 36.2. The van der Waals surface area contributed by atoms with Gasteiger partial charge in [0.25, 0.3) is 10.1 Å². The molecule has 0 aromatic heterocycles. The maximum absolute atomic E-state index is 11.4. The molecule has 7 N–H and O–H groups in total. The van der Waals surface area contributed by atoms with Crippen LogP contribution in [0.2, 0.25) is 0 Å². The Morgan fingerprint density at radius 3 is 1.61 bits per heavy atom. The first-order valence-corrected chi connectivity index (χ1v) is 19.6. The Kier molecular flexibility index (Phi) is 15.1. The number of benzene rings is 2. The van der Waals surface area contributed by atoms with Gasteiger partial charge in [0.15, 0.2) is 0 Å². The molecule has 0 bridgehead atoms. The predicted molar refractivity (Wildman–Crippen MR) is 195 cm³/mol. The van der Waals surface area contributed by atoms with Crippen molar-refractivity contribution >= 4 is 27.1 Å². The third-order valence-corrected chi connectivity index (χ3v) is 10.4. The van der Waals surface area contributed by atoms with E-state index in [9.17, 15) is 39.1 Å². The largest absolute Gasteiger partial charge is 0.508 e. The van der Waals surface area contributed by atoms with E-state index in [1.54, 1.807) is 17.0 Å². The number of phenolic OH excluding ortho intramolecular Hbond substituents is 2. The summed E-state index contributed by atoms with van der Waals surface area (Å²) in [5.41, 5.74) is -2.45. The highest BCUT2D eigenvalue weighted by Gasteiger charge is 2.67. The highest BCUT2D eigenvalue weighted by molar-refractivity contribution is 7.85. The highest BCUT2D eigenvalue weighted by atomic mass is 32.2. The topological polar surface area (TPSA) is 182 Å². The van der Waals surface area contributed by atoms with Gasteiger partial charge < -0.3 is 40.4 Å². The summed E-state index contributed by atoms with van der Waals surface area (Å²) in [5.74, 6) is -5.14. The summed E-state index contributed by atoms with van der Waals surface area (Å²) in [5, 5.41) is 66.9. The van der Waals surface area contributed by atoms with E-state index in [0.717, 1.165) is 44.5 Å². The Labute approximate surface area is 292 Å². The number of phenols is 2. The molecular formula is C37H58N2O9S. The molecule has 0 heterocycles. The first-order chi connectivity index (χ1) is 23.2. The third-order valence-electron chi connectivity index (χ3n) is 9.56. The molecular weight excluding hydrogens is 648 g/mol. The SMILES string of the molecule is CCCCCCCCN(CCCCCCCC)c1ccc(C2=C(O)C(O)(c3ccc(N(CC)CCCS(=O)(=O)O)cc3O)C2(O)O)c(O)c1. The van der Waals surface area contributed by atoms with Gasteiger partial charge in [0.1, 0.15) is 17.3 Å². The van der Waals surface area contributed by atoms with Crippen LogP contribution < -0.4 is 9.80 Å². The van der Waals surface area contributed by atoms with Gasteiger partial charge in [-0.3, -0.25) is 4.55 Å². The van der Waals surface area contributed by atoms with Crippen molar-refractivity contribution in [3.63, 3.8) is 0 Å². The van der Waals surface area contributed by atoms with E-state index in [1.807, 2.05) is 6.92 Å². The lowest BCUT2D eigenvalue weighted by molar-refractivity contribution is -0.259. The van der Waals surface area contributed by atoms with Crippen LogP contribution in [0, 0.1) is 0 Å². The number of rotatable bonds is 23. The Hall–Kier alpha value is -3.03. The summed E-state index contributed by atoms with van der Waals surface area (Å²) in [6.45, 7) is 8.51. The maximum atomic E-state index is 11.4. The van der Waals surface area contributed by atoms with E-state index in [1.165, 1.54) is 75.6 Å². The van der Waals surface area contributed by atoms with Crippen LogP contribution in [0.15, 0.2) is 42.2 Å². The summed E-state index contributed by atoms with van der Waals surface area (Å²) in [7, 11) is -4.13. The second kappa shape index (κ2) is 18.3. The molecule has 0 fully saturated rings. The summed E-state index contributed by atoms with van der Waals surface area (Å²) in [4.78, 5) is 3.97. The number of aliphatic hydroxyl groups excluding tert-OH is 1. The average Bonchev–Trinajstić information content (AvgIpc) is 3.05. The van der Waals surface area contributed by atoms with Gasteiger partial charge in [-0.1, -0.05) is 78.1 Å². The predicted octanol–water partition coefficient (Wildman–Crippen LogP) is 6.58. The number of aromatic hydroxyl groups is 2. The van der Waals surface area contributed by atoms with Crippen molar-refractivity contribution in [1.29, 1.82) is 0 Å². The molecule has 1 aliphatic carbocycles. The van der Waals surface area contributed by atoms with E-state index in [4.69, 9.17) is 4.55 Å². The zero-order valence-electron chi connectivity index (χ0n) is 29.4. The Balaban J connectivity index is 1.83. The molecule has 3 rings (SSSR count). The van der Waals surface area contributed by atoms with Crippen LogP contribution in [0.25, 0.3) is 5.57 Å². The lowest BCUT2D eigenvalue weighted by Gasteiger charge is -2.49. The van der Waals surface area contributed by atoms with Crippen molar-refractivity contribution in [2.24, 2.45) is 0 Å². The summed E-state index contributed by atoms with van der Waals surface area (Å²) < 4.78 is 31.2. The Morgan fingerprint density at radius 2 is 1.12 bits per heavy atom. The number of hydrogen-bond acceptors (Lipinski definition) is 10. The molecule has 2 aromatic carbocycles. The van der Waals surface area contributed by atoms with Crippen molar-refractivity contribution in [2.75, 3.05) is 41.7 Å². The number of nitrogens with zero attached hydrogens (tertiary/aromatic N) is 2. The summed E-state index contributed by atoms with van der Waals surface area (Å²) in [6.07, 6.45) is 14.0. The first-order valence-electron chi connectivity index (χ1n) is 18.0. The third kappa shape index (κ3) is 10.0. The molecule has 0 saturated heterocycles. The molecule has 0 aliphatic heterocycles. The molecule has 0 spiro atoms. The molecule has 11 nitrogen and oxygen atoms in total. The molecule has 12 heteroatoms. The molecule has 1 aliphatic rings. The van der Waals surface area contributed by atoms with Crippen molar-refractivity contribution < 1.29 is 43.6 Å². The maximum Gasteiger partial charge on any atom is 0.264 e. The summed E-state index contributed by atoms with van der Waals surface area (Å²) >= 11 is 0. The van der Waals surface area contributed by atoms with E-state index >= 15 is 0 Å². The summed E-state index contributed by atoms with van der Waals surface area (Å²) in [6, 6.07) is 8.81. The molecule has 1 atom stereocenters. The van der Waals surface area contributed by atoms with Gasteiger partial charge in [-0.05, 0) is 50.5 Å². The van der Waals surface area contributed by atoms with Gasteiger partial charge >= 0.3 is 0 Å². The smallest absolute Gasteiger partial charge is 0.264 e. The molecule has 1 unspecified atom stereocenters. The van der Waals surface area contributed by atoms with Crippen molar-refractivity contribution in [3.05, 3.63) is 53.3 Å². The number of hydrogen-bond donors (Lipinski definition) is 7. The van der Waals surface area contributed by atoms with Crippen molar-refractivity contribution in [3.8, 4) is 11.5 Å². The number of unbranched alkanes of at least 4 members (excludes halogenated alkanes) is 10. The fourth-order valence-electron chi connectivity index (χ4n) is 6.65. The average molecular weight is 707 g/mol. The van der Waals surface area contributed by atoms with Crippen molar-refractivity contribution in [1.82, 2.24) is 0 Å². The number of anilines is 2. The second-order valence-corrected chi connectivity index (χ2v) is 14.8. The molecule has 49 heavy (non-hydrogen) atoms. The van der Waals surface area contributed by atoms with E-state index in [2.05, 4.69) is 18.7 Å². The monoisotopic (exact) mass is 706 g/mol. The quantitative estimate of drug-likeness (QED) is 0.0377. The van der Waals surface area contributed by atoms with Crippen LogP contribution in [0.5, 0.6) is 11.5 Å².